The Balaban J connectivity index is 0.926. The number of carbonyl (C=O) groups is 2. The maximum absolute atomic E-state index is 12.9. The monoisotopic (exact) mass is 650 g/mol. The van der Waals surface area contributed by atoms with E-state index in [1.807, 2.05) is 48.5 Å². The molecule has 10 nitrogen and oxygen atoms in total. The van der Waals surface area contributed by atoms with E-state index in [9.17, 15) is 9.59 Å². The third-order valence-corrected chi connectivity index (χ3v) is 7.79. The first kappa shape index (κ1) is 32.4. The molecule has 0 radical (unpaired) electrons. The summed E-state index contributed by atoms with van der Waals surface area (Å²) in [5, 5.41) is 0. The predicted molar refractivity (Wildman–Crippen MR) is 176 cm³/mol. The fourth-order valence-electron chi connectivity index (χ4n) is 5.15. The number of hydrogen-bond acceptors (Lipinski definition) is 10. The summed E-state index contributed by atoms with van der Waals surface area (Å²) >= 11 is 0. The number of benzene rings is 4. The van der Waals surface area contributed by atoms with Gasteiger partial charge in [0.15, 0.2) is 12.2 Å². The summed E-state index contributed by atoms with van der Waals surface area (Å²) in [6.07, 6.45) is 1.08. The van der Waals surface area contributed by atoms with Crippen molar-refractivity contribution in [3.05, 3.63) is 132 Å². The molecule has 246 valence electrons. The summed E-state index contributed by atoms with van der Waals surface area (Å²) < 4.78 is 45.5. The first-order chi connectivity index (χ1) is 23.5. The van der Waals surface area contributed by atoms with Gasteiger partial charge in [-0.3, -0.25) is 0 Å². The smallest absolute Gasteiger partial charge is 0.338 e. The highest BCUT2D eigenvalue weighted by molar-refractivity contribution is 5.90. The Labute approximate surface area is 278 Å². The van der Waals surface area contributed by atoms with E-state index in [1.54, 1.807) is 60.7 Å². The van der Waals surface area contributed by atoms with E-state index in [2.05, 4.69) is 13.2 Å². The maximum Gasteiger partial charge on any atom is 0.338 e. The maximum atomic E-state index is 12.9. The second-order valence-corrected chi connectivity index (χ2v) is 10.9. The minimum absolute atomic E-state index is 0.00481. The van der Waals surface area contributed by atoms with Gasteiger partial charge in [0.05, 0.1) is 24.3 Å². The average molecular weight is 651 g/mol. The molecule has 4 aromatic rings. The van der Waals surface area contributed by atoms with Crippen molar-refractivity contribution in [2.75, 3.05) is 26.8 Å². The molecule has 0 saturated carbocycles. The average Bonchev–Trinajstić information content (AvgIpc) is 3.72. The van der Waals surface area contributed by atoms with E-state index in [0.29, 0.717) is 34.1 Å². The van der Waals surface area contributed by atoms with Gasteiger partial charge in [-0.1, -0.05) is 49.6 Å². The van der Waals surface area contributed by atoms with Gasteiger partial charge in [0, 0.05) is 0 Å². The molecule has 4 atom stereocenters. The molecule has 2 heterocycles. The van der Waals surface area contributed by atoms with Gasteiger partial charge < -0.3 is 37.9 Å². The normalized spacial score (nSPS) is 19.4. The van der Waals surface area contributed by atoms with Crippen molar-refractivity contribution in [1.82, 2.24) is 0 Å². The molecule has 0 bridgehead atoms. The van der Waals surface area contributed by atoms with Gasteiger partial charge in [-0.25, -0.2) is 9.59 Å². The van der Waals surface area contributed by atoms with Crippen molar-refractivity contribution in [3.63, 3.8) is 0 Å². The quantitative estimate of drug-likeness (QED) is 0.113. The van der Waals surface area contributed by atoms with E-state index in [-0.39, 0.29) is 26.8 Å². The van der Waals surface area contributed by atoms with Crippen LogP contribution in [0.2, 0.25) is 0 Å². The van der Waals surface area contributed by atoms with Crippen molar-refractivity contribution in [2.45, 2.75) is 24.4 Å². The highest BCUT2D eigenvalue weighted by Gasteiger charge is 2.51. The number of ether oxygens (including phenoxy) is 8. The Hall–Kier alpha value is -5.58. The standard InChI is InChI=1S/C38H34O10/c1-3-25-5-13-29(14-6-25)43-23-45-31-17-9-27(10-18-31)37(39)47-33-21-41-36-34(22-42-35(33)36)48-38(40)28-11-19-32(20-12-28)46-24-44-30-15-7-26(4-2)8-16-30/h3-20,33-36H,1-2,21-24H2/t33-,34+,35-,36-/m1/s1. The summed E-state index contributed by atoms with van der Waals surface area (Å²) in [7, 11) is 0. The Morgan fingerprint density at radius 3 is 1.17 bits per heavy atom. The summed E-state index contributed by atoms with van der Waals surface area (Å²) in [5.74, 6) is 1.33. The molecule has 48 heavy (non-hydrogen) atoms. The summed E-state index contributed by atoms with van der Waals surface area (Å²) in [6.45, 7) is 7.70. The fourth-order valence-corrected chi connectivity index (χ4v) is 5.15. The van der Waals surface area contributed by atoms with E-state index in [4.69, 9.17) is 37.9 Å². The topological polar surface area (TPSA) is 108 Å². The fraction of sp³-hybridized carbons (Fsp3) is 0.211. The second kappa shape index (κ2) is 15.3. The second-order valence-electron chi connectivity index (χ2n) is 10.9. The Kier molecular flexibility index (Phi) is 10.3. The summed E-state index contributed by atoms with van der Waals surface area (Å²) in [5.41, 5.74) is 2.67. The molecule has 6 rings (SSSR count). The molecule has 2 aliphatic rings. The highest BCUT2D eigenvalue weighted by Crippen LogP contribution is 2.32. The van der Waals surface area contributed by atoms with Crippen LogP contribution in [0.3, 0.4) is 0 Å². The molecule has 0 N–H and O–H groups in total. The molecule has 0 spiro atoms. The van der Waals surface area contributed by atoms with Gasteiger partial charge in [0.2, 0.25) is 13.6 Å². The Morgan fingerprint density at radius 2 is 0.854 bits per heavy atom. The van der Waals surface area contributed by atoms with E-state index < -0.39 is 36.4 Å². The largest absolute Gasteiger partial charge is 0.458 e. The van der Waals surface area contributed by atoms with Crippen LogP contribution in [0.5, 0.6) is 23.0 Å². The van der Waals surface area contributed by atoms with Crippen LogP contribution in [0, 0.1) is 0 Å². The lowest BCUT2D eigenvalue weighted by atomic mass is 10.1. The van der Waals surface area contributed by atoms with Crippen LogP contribution in [0.1, 0.15) is 31.8 Å². The first-order valence-electron chi connectivity index (χ1n) is 15.3. The van der Waals surface area contributed by atoms with Crippen molar-refractivity contribution in [2.24, 2.45) is 0 Å². The number of fused-ring (bicyclic) bond motifs is 1. The number of rotatable bonds is 14. The zero-order valence-corrected chi connectivity index (χ0v) is 26.0. The zero-order valence-electron chi connectivity index (χ0n) is 26.0. The number of esters is 2. The van der Waals surface area contributed by atoms with Crippen LogP contribution < -0.4 is 18.9 Å². The van der Waals surface area contributed by atoms with Gasteiger partial charge in [0.1, 0.15) is 35.2 Å². The number of hydrogen-bond donors (Lipinski definition) is 0. The van der Waals surface area contributed by atoms with E-state index >= 15 is 0 Å². The molecule has 0 aromatic heterocycles. The zero-order chi connectivity index (χ0) is 33.3. The molecule has 2 fully saturated rings. The molecule has 0 aliphatic carbocycles. The Bertz CT molecular complexity index is 1570. The SMILES string of the molecule is C=Cc1ccc(OCOc2ccc(C(=O)O[C@H]3CO[C@H]4[C@@H]3OC[C@H]4OC(=O)c3ccc(OCOc4ccc(C=C)cc4)cc3)cc2)cc1. The number of carbonyl (C=O) groups excluding carboxylic acids is 2. The third-order valence-electron chi connectivity index (χ3n) is 7.79. The Morgan fingerprint density at radius 1 is 0.542 bits per heavy atom. The molecule has 4 aromatic carbocycles. The van der Waals surface area contributed by atoms with Crippen molar-refractivity contribution in [3.8, 4) is 23.0 Å². The van der Waals surface area contributed by atoms with Gasteiger partial charge in [-0.15, -0.1) is 0 Å². The third kappa shape index (κ3) is 8.03. The lowest BCUT2D eigenvalue weighted by molar-refractivity contribution is -0.0287. The predicted octanol–water partition coefficient (Wildman–Crippen LogP) is 6.35. The van der Waals surface area contributed by atoms with Crippen LogP contribution >= 0.6 is 0 Å². The van der Waals surface area contributed by atoms with Gasteiger partial charge in [-0.05, 0) is 83.9 Å². The van der Waals surface area contributed by atoms with Crippen LogP contribution in [0.15, 0.2) is 110 Å². The molecule has 10 heteroatoms. The summed E-state index contributed by atoms with van der Waals surface area (Å²) in [4.78, 5) is 25.7. The molecule has 2 aliphatic heterocycles. The van der Waals surface area contributed by atoms with Crippen molar-refractivity contribution >= 4 is 24.1 Å². The van der Waals surface area contributed by atoms with Crippen LogP contribution in [-0.4, -0.2) is 63.2 Å². The van der Waals surface area contributed by atoms with Crippen molar-refractivity contribution < 1.29 is 47.5 Å². The highest BCUT2D eigenvalue weighted by atomic mass is 16.7. The molecule has 0 amide bonds. The van der Waals surface area contributed by atoms with Gasteiger partial charge >= 0.3 is 11.9 Å². The lowest BCUT2D eigenvalue weighted by Gasteiger charge is -2.17. The molecule has 2 saturated heterocycles. The van der Waals surface area contributed by atoms with Crippen LogP contribution in [0.25, 0.3) is 12.2 Å². The van der Waals surface area contributed by atoms with E-state index in [0.717, 1.165) is 11.1 Å². The van der Waals surface area contributed by atoms with Gasteiger partial charge in [-0.2, -0.15) is 0 Å². The van der Waals surface area contributed by atoms with Crippen LogP contribution in [0.4, 0.5) is 0 Å². The molecule has 0 unspecified atom stereocenters. The minimum Gasteiger partial charge on any atom is -0.458 e. The van der Waals surface area contributed by atoms with E-state index in [1.165, 1.54) is 0 Å². The van der Waals surface area contributed by atoms with Crippen LogP contribution in [-0.2, 0) is 18.9 Å². The lowest BCUT2D eigenvalue weighted by Crippen LogP contribution is -2.36. The molecular weight excluding hydrogens is 616 g/mol. The summed E-state index contributed by atoms with van der Waals surface area (Å²) in [6, 6.07) is 28.0. The first-order valence-corrected chi connectivity index (χ1v) is 15.3. The van der Waals surface area contributed by atoms with Crippen molar-refractivity contribution in [1.29, 1.82) is 0 Å². The molecular formula is C38H34O10. The minimum atomic E-state index is -0.651. The van der Waals surface area contributed by atoms with Gasteiger partial charge in [0.25, 0.3) is 0 Å².